The van der Waals surface area contributed by atoms with Crippen molar-refractivity contribution in [3.05, 3.63) is 70.3 Å². The Labute approximate surface area is 151 Å². The zero-order valence-corrected chi connectivity index (χ0v) is 15.6. The molecular weight excluding hydrogens is 306 g/mol. The average Bonchev–Trinajstić information content (AvgIpc) is 2.59. The van der Waals surface area contributed by atoms with E-state index in [9.17, 15) is 4.79 Å². The number of nitrogens with one attached hydrogen (secondary N) is 1. The van der Waals surface area contributed by atoms with Gasteiger partial charge in [0.2, 0.25) is 5.91 Å². The highest BCUT2D eigenvalue weighted by atomic mass is 16.1. The van der Waals surface area contributed by atoms with Crippen molar-refractivity contribution in [1.29, 1.82) is 0 Å². The molecule has 0 saturated heterocycles. The van der Waals surface area contributed by atoms with Gasteiger partial charge in [-0.15, -0.1) is 0 Å². The molecule has 1 saturated carbocycles. The van der Waals surface area contributed by atoms with E-state index < -0.39 is 0 Å². The minimum absolute atomic E-state index is 0.165. The summed E-state index contributed by atoms with van der Waals surface area (Å²) in [5, 5.41) is 3.27. The van der Waals surface area contributed by atoms with Crippen molar-refractivity contribution < 1.29 is 4.79 Å². The molecule has 132 valence electrons. The van der Waals surface area contributed by atoms with Crippen LogP contribution in [-0.2, 0) is 11.2 Å². The van der Waals surface area contributed by atoms with Gasteiger partial charge in [-0.3, -0.25) is 4.79 Å². The fourth-order valence-corrected chi connectivity index (χ4v) is 4.22. The third-order valence-corrected chi connectivity index (χ3v) is 5.54. The summed E-state index contributed by atoms with van der Waals surface area (Å²) in [4.78, 5) is 12.5. The molecule has 2 heteroatoms. The number of hydrogen-bond donors (Lipinski definition) is 1. The van der Waals surface area contributed by atoms with Gasteiger partial charge in [0, 0.05) is 6.04 Å². The first-order valence-electron chi connectivity index (χ1n) is 9.44. The second-order valence-electron chi connectivity index (χ2n) is 7.58. The number of amides is 1. The van der Waals surface area contributed by atoms with E-state index >= 15 is 0 Å². The Kier molecular flexibility index (Phi) is 5.57. The number of benzene rings is 2. The van der Waals surface area contributed by atoms with E-state index in [2.05, 4.69) is 68.6 Å². The highest BCUT2D eigenvalue weighted by Gasteiger charge is 2.23. The summed E-state index contributed by atoms with van der Waals surface area (Å²) in [7, 11) is 0. The Morgan fingerprint density at radius 3 is 2.16 bits per heavy atom. The largest absolute Gasteiger partial charge is 0.353 e. The van der Waals surface area contributed by atoms with Gasteiger partial charge in [-0.2, -0.15) is 0 Å². The zero-order chi connectivity index (χ0) is 17.8. The van der Waals surface area contributed by atoms with Gasteiger partial charge >= 0.3 is 0 Å². The second-order valence-corrected chi connectivity index (χ2v) is 7.58. The molecule has 1 N–H and O–H groups in total. The van der Waals surface area contributed by atoms with Crippen LogP contribution in [0.15, 0.2) is 42.5 Å². The standard InChI is InChI=1S/C23H29NO/c1-16-13-17(2)22(18(3)14-16)15-23(25)24-21-11-9-20(10-12-21)19-7-5-4-6-8-19/h4-8,13-14,20-21H,9-12,15H2,1-3H3,(H,24,25). The van der Waals surface area contributed by atoms with E-state index in [1.807, 2.05) is 0 Å². The predicted octanol–water partition coefficient (Wildman–Crippen LogP) is 5.00. The quantitative estimate of drug-likeness (QED) is 0.837. The Balaban J connectivity index is 1.53. The Hall–Kier alpha value is -2.09. The molecule has 2 nitrogen and oxygen atoms in total. The maximum atomic E-state index is 12.5. The van der Waals surface area contributed by atoms with Crippen LogP contribution in [0.2, 0.25) is 0 Å². The van der Waals surface area contributed by atoms with Gasteiger partial charge in [-0.1, -0.05) is 48.0 Å². The van der Waals surface area contributed by atoms with Crippen molar-refractivity contribution in [2.75, 3.05) is 0 Å². The molecule has 1 fully saturated rings. The van der Waals surface area contributed by atoms with E-state index in [-0.39, 0.29) is 5.91 Å². The lowest BCUT2D eigenvalue weighted by Crippen LogP contribution is -2.38. The van der Waals surface area contributed by atoms with Crippen LogP contribution in [0, 0.1) is 20.8 Å². The number of rotatable bonds is 4. The van der Waals surface area contributed by atoms with Crippen molar-refractivity contribution >= 4 is 5.91 Å². The van der Waals surface area contributed by atoms with E-state index in [4.69, 9.17) is 0 Å². The van der Waals surface area contributed by atoms with Crippen LogP contribution in [0.4, 0.5) is 0 Å². The van der Waals surface area contributed by atoms with E-state index in [1.54, 1.807) is 0 Å². The first-order valence-corrected chi connectivity index (χ1v) is 9.44. The van der Waals surface area contributed by atoms with Gasteiger partial charge in [0.1, 0.15) is 0 Å². The summed E-state index contributed by atoms with van der Waals surface area (Å²) < 4.78 is 0. The normalized spacial score (nSPS) is 20.3. The lowest BCUT2D eigenvalue weighted by molar-refractivity contribution is -0.121. The Morgan fingerprint density at radius 1 is 0.960 bits per heavy atom. The smallest absolute Gasteiger partial charge is 0.224 e. The van der Waals surface area contributed by atoms with Gasteiger partial charge in [0.25, 0.3) is 0 Å². The molecule has 0 heterocycles. The van der Waals surface area contributed by atoms with Gasteiger partial charge in [-0.05, 0) is 74.6 Å². The van der Waals surface area contributed by atoms with Crippen molar-refractivity contribution in [1.82, 2.24) is 5.32 Å². The molecular formula is C23H29NO. The molecule has 1 aliphatic carbocycles. The van der Waals surface area contributed by atoms with Crippen LogP contribution in [0.3, 0.4) is 0 Å². The van der Waals surface area contributed by atoms with E-state index in [0.29, 0.717) is 18.4 Å². The first kappa shape index (κ1) is 17.7. The van der Waals surface area contributed by atoms with Crippen molar-refractivity contribution in [3.63, 3.8) is 0 Å². The number of hydrogen-bond acceptors (Lipinski definition) is 1. The fraction of sp³-hybridized carbons (Fsp3) is 0.435. The predicted molar refractivity (Wildman–Crippen MR) is 104 cm³/mol. The Morgan fingerprint density at radius 2 is 1.56 bits per heavy atom. The van der Waals surface area contributed by atoms with Gasteiger partial charge in [0.15, 0.2) is 0 Å². The lowest BCUT2D eigenvalue weighted by Gasteiger charge is -2.29. The highest BCUT2D eigenvalue weighted by molar-refractivity contribution is 5.79. The molecule has 0 atom stereocenters. The average molecular weight is 335 g/mol. The molecule has 0 aliphatic heterocycles. The maximum absolute atomic E-state index is 12.5. The molecule has 3 rings (SSSR count). The van der Waals surface area contributed by atoms with Crippen molar-refractivity contribution in [2.24, 2.45) is 0 Å². The molecule has 0 spiro atoms. The van der Waals surface area contributed by atoms with Crippen LogP contribution in [-0.4, -0.2) is 11.9 Å². The summed E-state index contributed by atoms with van der Waals surface area (Å²) in [6.45, 7) is 6.32. The zero-order valence-electron chi connectivity index (χ0n) is 15.6. The van der Waals surface area contributed by atoms with Crippen LogP contribution in [0.5, 0.6) is 0 Å². The minimum atomic E-state index is 0.165. The van der Waals surface area contributed by atoms with Crippen LogP contribution < -0.4 is 5.32 Å². The molecule has 1 amide bonds. The van der Waals surface area contributed by atoms with Crippen LogP contribution >= 0.6 is 0 Å². The van der Waals surface area contributed by atoms with Crippen LogP contribution in [0.25, 0.3) is 0 Å². The summed E-state index contributed by atoms with van der Waals surface area (Å²) >= 11 is 0. The van der Waals surface area contributed by atoms with Gasteiger partial charge < -0.3 is 5.32 Å². The monoisotopic (exact) mass is 335 g/mol. The first-order chi connectivity index (χ1) is 12.0. The third kappa shape index (κ3) is 4.50. The summed E-state index contributed by atoms with van der Waals surface area (Å²) in [6, 6.07) is 15.4. The molecule has 0 bridgehead atoms. The molecule has 0 aromatic heterocycles. The molecule has 2 aromatic carbocycles. The number of carbonyl (C=O) groups excluding carboxylic acids is 1. The number of aryl methyl sites for hydroxylation is 3. The van der Waals surface area contributed by atoms with Gasteiger partial charge in [-0.25, -0.2) is 0 Å². The molecule has 1 aliphatic rings. The topological polar surface area (TPSA) is 29.1 Å². The summed E-state index contributed by atoms with van der Waals surface area (Å²) in [5.74, 6) is 0.814. The molecule has 0 radical (unpaired) electrons. The fourth-order valence-electron chi connectivity index (χ4n) is 4.22. The summed E-state index contributed by atoms with van der Waals surface area (Å²) in [6.07, 6.45) is 4.99. The lowest BCUT2D eigenvalue weighted by atomic mass is 9.81. The Bertz CT molecular complexity index is 704. The highest BCUT2D eigenvalue weighted by Crippen LogP contribution is 2.32. The molecule has 0 unspecified atom stereocenters. The van der Waals surface area contributed by atoms with E-state index in [0.717, 1.165) is 25.7 Å². The maximum Gasteiger partial charge on any atom is 0.224 e. The SMILES string of the molecule is Cc1cc(C)c(CC(=O)NC2CCC(c3ccccc3)CC2)c(C)c1. The number of carbonyl (C=O) groups is 1. The van der Waals surface area contributed by atoms with E-state index in [1.165, 1.54) is 27.8 Å². The third-order valence-electron chi connectivity index (χ3n) is 5.54. The van der Waals surface area contributed by atoms with Crippen molar-refractivity contribution in [3.8, 4) is 0 Å². The van der Waals surface area contributed by atoms with Crippen LogP contribution in [0.1, 0.15) is 59.4 Å². The summed E-state index contributed by atoms with van der Waals surface area (Å²) in [5.41, 5.74) is 6.33. The molecule has 25 heavy (non-hydrogen) atoms. The molecule has 2 aromatic rings. The van der Waals surface area contributed by atoms with Crippen molar-refractivity contribution in [2.45, 2.75) is 64.8 Å². The minimum Gasteiger partial charge on any atom is -0.353 e. The second kappa shape index (κ2) is 7.86. The van der Waals surface area contributed by atoms with Gasteiger partial charge in [0.05, 0.1) is 6.42 Å².